The van der Waals surface area contributed by atoms with Crippen LogP contribution in [-0.2, 0) is 11.2 Å². The number of methoxy groups -OCH3 is 1. The third-order valence-electron chi connectivity index (χ3n) is 5.92. The molecule has 3 aromatic rings. The van der Waals surface area contributed by atoms with Crippen molar-refractivity contribution in [1.82, 2.24) is 20.4 Å². The maximum absolute atomic E-state index is 12.2. The van der Waals surface area contributed by atoms with Crippen LogP contribution < -0.4 is 15.0 Å². The number of rotatable bonds is 10. The van der Waals surface area contributed by atoms with Gasteiger partial charge in [-0.2, -0.15) is 4.98 Å². The van der Waals surface area contributed by atoms with Crippen molar-refractivity contribution in [3.63, 3.8) is 0 Å². The van der Waals surface area contributed by atoms with E-state index in [0.29, 0.717) is 36.1 Å². The van der Waals surface area contributed by atoms with Gasteiger partial charge in [-0.3, -0.25) is 9.69 Å². The van der Waals surface area contributed by atoms with E-state index < -0.39 is 0 Å². The number of amides is 1. The number of carbonyl (C=O) groups is 1. The number of piperazine rings is 1. The predicted molar refractivity (Wildman–Crippen MR) is 132 cm³/mol. The zero-order chi connectivity index (χ0) is 23.8. The highest BCUT2D eigenvalue weighted by atomic mass is 35.5. The fourth-order valence-corrected chi connectivity index (χ4v) is 4.06. The molecule has 180 valence electrons. The number of anilines is 1. The van der Waals surface area contributed by atoms with Gasteiger partial charge in [0.2, 0.25) is 17.6 Å². The van der Waals surface area contributed by atoms with Crippen LogP contribution in [0.5, 0.6) is 5.75 Å². The maximum atomic E-state index is 12.2. The van der Waals surface area contributed by atoms with Crippen LogP contribution in [0.2, 0.25) is 5.02 Å². The first-order valence-corrected chi connectivity index (χ1v) is 11.9. The SMILES string of the molecule is COc1ccc(N2CCN(CCCNC(=O)CCc3nc(-c4ccc(Cl)cc4)no3)CC2)cc1. The number of nitrogens with one attached hydrogen (secondary N) is 1. The molecule has 0 spiro atoms. The minimum Gasteiger partial charge on any atom is -0.497 e. The van der Waals surface area contributed by atoms with Crippen molar-refractivity contribution in [1.29, 1.82) is 0 Å². The zero-order valence-electron chi connectivity index (χ0n) is 19.4. The van der Waals surface area contributed by atoms with Gasteiger partial charge in [-0.25, -0.2) is 0 Å². The molecule has 9 heteroatoms. The number of aryl methyl sites for hydroxylation is 1. The Hall–Kier alpha value is -3.10. The van der Waals surface area contributed by atoms with Crippen molar-refractivity contribution in [2.75, 3.05) is 51.3 Å². The lowest BCUT2D eigenvalue weighted by atomic mass is 10.2. The molecule has 34 heavy (non-hydrogen) atoms. The normalized spacial score (nSPS) is 14.2. The Morgan fingerprint density at radius 1 is 1.09 bits per heavy atom. The number of aromatic nitrogens is 2. The fourth-order valence-electron chi connectivity index (χ4n) is 3.93. The average molecular weight is 484 g/mol. The van der Waals surface area contributed by atoms with Crippen LogP contribution in [0, 0.1) is 0 Å². The molecule has 0 atom stereocenters. The molecule has 1 fully saturated rings. The first-order valence-electron chi connectivity index (χ1n) is 11.6. The molecule has 1 aliphatic rings. The molecule has 1 amide bonds. The number of nitrogens with zero attached hydrogens (tertiary/aromatic N) is 4. The van der Waals surface area contributed by atoms with Gasteiger partial charge >= 0.3 is 0 Å². The zero-order valence-corrected chi connectivity index (χ0v) is 20.1. The van der Waals surface area contributed by atoms with E-state index in [1.165, 1.54) is 5.69 Å². The highest BCUT2D eigenvalue weighted by Gasteiger charge is 2.17. The van der Waals surface area contributed by atoms with Crippen molar-refractivity contribution in [2.24, 2.45) is 0 Å². The molecule has 1 N–H and O–H groups in total. The monoisotopic (exact) mass is 483 g/mol. The summed E-state index contributed by atoms with van der Waals surface area (Å²) in [5.74, 6) is 1.83. The highest BCUT2D eigenvalue weighted by molar-refractivity contribution is 6.30. The quantitative estimate of drug-likeness (QED) is 0.440. The topological polar surface area (TPSA) is 83.7 Å². The van der Waals surface area contributed by atoms with Crippen LogP contribution in [0.25, 0.3) is 11.4 Å². The summed E-state index contributed by atoms with van der Waals surface area (Å²) in [6.07, 6.45) is 1.66. The standard InChI is InChI=1S/C25H30ClN5O3/c1-33-22-9-7-21(8-10-22)31-17-15-30(16-18-31)14-2-13-27-23(32)11-12-24-28-25(29-34-24)19-3-5-20(26)6-4-19/h3-10H,2,11-18H2,1H3,(H,27,32). The minimum atomic E-state index is -0.00410. The van der Waals surface area contributed by atoms with Gasteiger partial charge in [0.15, 0.2) is 0 Å². The van der Waals surface area contributed by atoms with Gasteiger partial charge in [0.05, 0.1) is 7.11 Å². The maximum Gasteiger partial charge on any atom is 0.227 e. The number of benzene rings is 2. The van der Waals surface area contributed by atoms with Crippen LogP contribution in [0.4, 0.5) is 5.69 Å². The van der Waals surface area contributed by atoms with Gasteiger partial charge < -0.3 is 19.5 Å². The molecule has 1 aromatic heterocycles. The number of hydrogen-bond acceptors (Lipinski definition) is 7. The molecule has 0 aliphatic carbocycles. The van der Waals surface area contributed by atoms with Crippen LogP contribution >= 0.6 is 11.6 Å². The summed E-state index contributed by atoms with van der Waals surface area (Å²) in [5.41, 5.74) is 2.06. The second-order valence-electron chi connectivity index (χ2n) is 8.25. The van der Waals surface area contributed by atoms with Gasteiger partial charge in [0.1, 0.15) is 5.75 Å². The van der Waals surface area contributed by atoms with Gasteiger partial charge in [-0.1, -0.05) is 16.8 Å². The van der Waals surface area contributed by atoms with E-state index in [4.69, 9.17) is 20.9 Å². The molecule has 4 rings (SSSR count). The van der Waals surface area contributed by atoms with Gasteiger partial charge in [0.25, 0.3) is 0 Å². The Labute approximate surface area is 204 Å². The van der Waals surface area contributed by atoms with Crippen molar-refractivity contribution in [2.45, 2.75) is 19.3 Å². The fraction of sp³-hybridized carbons (Fsp3) is 0.400. The van der Waals surface area contributed by atoms with Crippen LogP contribution in [0.15, 0.2) is 53.1 Å². The Morgan fingerprint density at radius 2 is 1.82 bits per heavy atom. The molecule has 0 unspecified atom stereocenters. The number of carbonyl (C=O) groups excluding carboxylic acids is 1. The predicted octanol–water partition coefficient (Wildman–Crippen LogP) is 3.66. The molecular formula is C25H30ClN5O3. The third kappa shape index (κ3) is 6.71. The van der Waals surface area contributed by atoms with E-state index in [-0.39, 0.29) is 5.91 Å². The molecule has 0 saturated carbocycles. The van der Waals surface area contributed by atoms with E-state index in [9.17, 15) is 4.79 Å². The van der Waals surface area contributed by atoms with Crippen molar-refractivity contribution in [3.05, 3.63) is 59.4 Å². The summed E-state index contributed by atoms with van der Waals surface area (Å²) in [6, 6.07) is 15.4. The Kier molecular flexibility index (Phi) is 8.38. The van der Waals surface area contributed by atoms with Gasteiger partial charge in [0, 0.05) is 61.8 Å². The van der Waals surface area contributed by atoms with Crippen molar-refractivity contribution >= 4 is 23.2 Å². The summed E-state index contributed by atoms with van der Waals surface area (Å²) < 4.78 is 10.5. The summed E-state index contributed by atoms with van der Waals surface area (Å²) in [4.78, 5) is 21.4. The van der Waals surface area contributed by atoms with Crippen LogP contribution in [0.3, 0.4) is 0 Å². The molecule has 0 bridgehead atoms. The molecule has 1 saturated heterocycles. The first-order chi connectivity index (χ1) is 16.6. The minimum absolute atomic E-state index is 0.00410. The highest BCUT2D eigenvalue weighted by Crippen LogP contribution is 2.21. The Balaban J connectivity index is 1.10. The molecule has 2 aromatic carbocycles. The lowest BCUT2D eigenvalue weighted by Gasteiger charge is -2.36. The van der Waals surface area contributed by atoms with Crippen molar-refractivity contribution < 1.29 is 14.1 Å². The summed E-state index contributed by atoms with van der Waals surface area (Å²) in [5, 5.41) is 7.62. The van der Waals surface area contributed by atoms with Gasteiger partial charge in [-0.05, 0) is 61.5 Å². The van der Waals surface area contributed by atoms with E-state index in [1.807, 2.05) is 24.3 Å². The molecule has 8 nitrogen and oxygen atoms in total. The van der Waals surface area contributed by atoms with E-state index in [0.717, 1.165) is 50.5 Å². The number of hydrogen-bond donors (Lipinski definition) is 1. The molecular weight excluding hydrogens is 454 g/mol. The van der Waals surface area contributed by atoms with E-state index in [1.54, 1.807) is 19.2 Å². The van der Waals surface area contributed by atoms with E-state index >= 15 is 0 Å². The number of ether oxygens (including phenoxy) is 1. The van der Waals surface area contributed by atoms with Crippen LogP contribution in [0.1, 0.15) is 18.7 Å². The molecule has 0 radical (unpaired) electrons. The summed E-state index contributed by atoms with van der Waals surface area (Å²) >= 11 is 5.91. The van der Waals surface area contributed by atoms with Crippen LogP contribution in [-0.4, -0.2) is 67.3 Å². The molecule has 1 aliphatic heterocycles. The van der Waals surface area contributed by atoms with Crippen molar-refractivity contribution in [3.8, 4) is 17.1 Å². The lowest BCUT2D eigenvalue weighted by Crippen LogP contribution is -2.47. The summed E-state index contributed by atoms with van der Waals surface area (Å²) in [6.45, 7) is 5.68. The average Bonchev–Trinajstić information content (AvgIpc) is 3.35. The van der Waals surface area contributed by atoms with E-state index in [2.05, 4.69) is 37.4 Å². The smallest absolute Gasteiger partial charge is 0.227 e. The second-order valence-corrected chi connectivity index (χ2v) is 8.69. The third-order valence-corrected chi connectivity index (χ3v) is 6.17. The number of halogens is 1. The molecule has 2 heterocycles. The Morgan fingerprint density at radius 3 is 2.53 bits per heavy atom. The summed E-state index contributed by atoms with van der Waals surface area (Å²) in [7, 11) is 1.68. The first kappa shape index (κ1) is 24.0. The largest absolute Gasteiger partial charge is 0.497 e. The second kappa shape index (κ2) is 11.9. The lowest BCUT2D eigenvalue weighted by molar-refractivity contribution is -0.121. The Bertz CT molecular complexity index is 1050. The van der Waals surface area contributed by atoms with Gasteiger partial charge in [-0.15, -0.1) is 0 Å².